The third-order valence-corrected chi connectivity index (χ3v) is 1.48. The molecule has 2 N–H and O–H groups in total. The Kier molecular flexibility index (Phi) is 2.14. The van der Waals surface area contributed by atoms with Crippen LogP contribution in [0.1, 0.15) is 17.4 Å². The topological polar surface area (TPSA) is 56.0 Å². The van der Waals surface area contributed by atoms with Crippen molar-refractivity contribution in [3.63, 3.8) is 0 Å². The number of rotatable bonds is 1. The lowest BCUT2D eigenvalue weighted by Crippen LogP contribution is -2.02. The van der Waals surface area contributed by atoms with Crippen LogP contribution in [0.4, 0.5) is 5.69 Å². The minimum Gasteiger partial charge on any atom is -0.397 e. The Labute approximate surface area is 70.0 Å². The van der Waals surface area contributed by atoms with E-state index in [1.807, 2.05) is 0 Å². The van der Waals surface area contributed by atoms with Gasteiger partial charge >= 0.3 is 0 Å². The molecule has 0 spiro atoms. The van der Waals surface area contributed by atoms with Crippen LogP contribution >= 0.6 is 12.6 Å². The predicted molar refractivity (Wildman–Crippen MR) is 45.9 cm³/mol. The van der Waals surface area contributed by atoms with E-state index in [1.165, 1.54) is 13.1 Å². The van der Waals surface area contributed by atoms with Crippen molar-refractivity contribution in [2.24, 2.45) is 0 Å². The number of anilines is 1. The molecule has 0 aliphatic rings. The van der Waals surface area contributed by atoms with Crippen LogP contribution in [0.25, 0.3) is 0 Å². The molecule has 0 saturated heterocycles. The maximum Gasteiger partial charge on any atom is 0.180 e. The first-order valence-corrected chi connectivity index (χ1v) is 3.51. The molecule has 1 aromatic rings. The zero-order valence-electron chi connectivity index (χ0n) is 6.03. The smallest absolute Gasteiger partial charge is 0.180 e. The van der Waals surface area contributed by atoms with Gasteiger partial charge in [0.15, 0.2) is 5.78 Å². The fourth-order valence-electron chi connectivity index (χ4n) is 0.764. The normalized spacial score (nSPS) is 9.64. The number of hydrogen-bond donors (Lipinski definition) is 2. The maximum absolute atomic E-state index is 10.8. The molecule has 0 aliphatic carbocycles. The zero-order valence-corrected chi connectivity index (χ0v) is 6.93. The third kappa shape index (κ3) is 1.71. The number of Topliss-reactive ketones (excluding diaryl/α,β-unsaturated/α-hetero) is 1. The lowest BCUT2D eigenvalue weighted by atomic mass is 10.2. The van der Waals surface area contributed by atoms with E-state index < -0.39 is 0 Å². The second kappa shape index (κ2) is 2.92. The summed E-state index contributed by atoms with van der Waals surface area (Å²) in [4.78, 5) is 15.3. The van der Waals surface area contributed by atoms with E-state index in [-0.39, 0.29) is 5.78 Å². The van der Waals surface area contributed by atoms with Crippen molar-refractivity contribution in [2.75, 3.05) is 5.73 Å². The van der Waals surface area contributed by atoms with Gasteiger partial charge in [0.05, 0.1) is 5.69 Å². The van der Waals surface area contributed by atoms with Crippen molar-refractivity contribution >= 4 is 24.1 Å². The number of carbonyl (C=O) groups excluding carboxylic acids is 1. The van der Waals surface area contributed by atoms with Gasteiger partial charge in [-0.2, -0.15) is 0 Å². The number of thiol groups is 1. The lowest BCUT2D eigenvalue weighted by Gasteiger charge is -1.99. The number of hydrogen-bond acceptors (Lipinski definition) is 4. The van der Waals surface area contributed by atoms with E-state index >= 15 is 0 Å². The molecular formula is C7H8N2OS. The molecule has 0 fully saturated rings. The average molecular weight is 168 g/mol. The average Bonchev–Trinajstić information content (AvgIpc) is 1.85. The molecular weight excluding hydrogens is 160 g/mol. The molecule has 1 heterocycles. The second-order valence-corrected chi connectivity index (χ2v) is 2.70. The van der Waals surface area contributed by atoms with E-state index in [2.05, 4.69) is 17.6 Å². The first-order chi connectivity index (χ1) is 5.11. The molecule has 0 bridgehead atoms. The van der Waals surface area contributed by atoms with Gasteiger partial charge in [0.2, 0.25) is 0 Å². The highest BCUT2D eigenvalue weighted by atomic mass is 32.1. The van der Waals surface area contributed by atoms with Crippen LogP contribution in [0.3, 0.4) is 0 Å². The minimum absolute atomic E-state index is 0.129. The van der Waals surface area contributed by atoms with Crippen LogP contribution in [-0.4, -0.2) is 10.8 Å². The first kappa shape index (κ1) is 8.07. The maximum atomic E-state index is 10.8. The van der Waals surface area contributed by atoms with Gasteiger partial charge in [-0.1, -0.05) is 0 Å². The molecule has 11 heavy (non-hydrogen) atoms. The summed E-state index contributed by atoms with van der Waals surface area (Å²) < 4.78 is 0. The molecule has 0 aromatic carbocycles. The molecule has 58 valence electrons. The summed E-state index contributed by atoms with van der Waals surface area (Å²) in [5, 5.41) is 0. The van der Waals surface area contributed by atoms with E-state index in [4.69, 9.17) is 5.73 Å². The van der Waals surface area contributed by atoms with Gasteiger partial charge in [0, 0.05) is 18.0 Å². The monoisotopic (exact) mass is 168 g/mol. The van der Waals surface area contributed by atoms with Gasteiger partial charge in [0.25, 0.3) is 0 Å². The fraction of sp³-hybridized carbons (Fsp3) is 0.143. The first-order valence-electron chi connectivity index (χ1n) is 3.06. The highest BCUT2D eigenvalue weighted by Gasteiger charge is 2.04. The quantitative estimate of drug-likeness (QED) is 0.488. The van der Waals surface area contributed by atoms with Crippen molar-refractivity contribution in [1.82, 2.24) is 4.98 Å². The van der Waals surface area contributed by atoms with Crippen LogP contribution in [0.15, 0.2) is 17.2 Å². The summed E-state index contributed by atoms with van der Waals surface area (Å²) in [7, 11) is 0. The Morgan fingerprint density at radius 1 is 1.73 bits per heavy atom. The van der Waals surface area contributed by atoms with E-state index in [0.29, 0.717) is 16.3 Å². The van der Waals surface area contributed by atoms with Gasteiger partial charge in [-0.25, -0.2) is 4.98 Å². The van der Waals surface area contributed by atoms with Gasteiger partial charge in [-0.15, -0.1) is 12.6 Å². The summed E-state index contributed by atoms with van der Waals surface area (Å²) in [6, 6.07) is 1.60. The highest BCUT2D eigenvalue weighted by Crippen LogP contribution is 2.13. The standard InChI is InChI=1S/C7H8N2OS/c1-4(10)7-6(8)2-5(11)3-9-7/h2-3,11H,8H2,1H3. The van der Waals surface area contributed by atoms with Crippen LogP contribution in [-0.2, 0) is 0 Å². The number of nitrogens with zero attached hydrogens (tertiary/aromatic N) is 1. The van der Waals surface area contributed by atoms with Crippen molar-refractivity contribution in [2.45, 2.75) is 11.8 Å². The Hall–Kier alpha value is -1.03. The molecule has 1 aromatic heterocycles. The highest BCUT2D eigenvalue weighted by molar-refractivity contribution is 7.80. The number of aromatic nitrogens is 1. The van der Waals surface area contributed by atoms with Crippen molar-refractivity contribution in [1.29, 1.82) is 0 Å². The lowest BCUT2D eigenvalue weighted by molar-refractivity contribution is 0.101. The van der Waals surface area contributed by atoms with Crippen LogP contribution in [0.2, 0.25) is 0 Å². The zero-order chi connectivity index (χ0) is 8.43. The molecule has 0 aliphatic heterocycles. The number of nitrogens with two attached hydrogens (primary N) is 1. The summed E-state index contributed by atoms with van der Waals surface area (Å²) >= 11 is 4.02. The van der Waals surface area contributed by atoms with Gasteiger partial charge in [-0.3, -0.25) is 4.79 Å². The Bertz CT molecular complexity index is 298. The van der Waals surface area contributed by atoms with Crippen LogP contribution in [0, 0.1) is 0 Å². The van der Waals surface area contributed by atoms with Crippen molar-refractivity contribution in [3.05, 3.63) is 18.0 Å². The molecule has 0 unspecified atom stereocenters. The predicted octanol–water partition coefficient (Wildman–Crippen LogP) is 1.16. The van der Waals surface area contributed by atoms with Crippen molar-refractivity contribution in [3.8, 4) is 0 Å². The molecule has 0 radical (unpaired) electrons. The minimum atomic E-state index is -0.129. The number of nitrogen functional groups attached to an aromatic ring is 1. The molecule has 0 saturated carbocycles. The fourth-order valence-corrected chi connectivity index (χ4v) is 0.961. The van der Waals surface area contributed by atoms with Crippen molar-refractivity contribution < 1.29 is 4.79 Å². The SMILES string of the molecule is CC(=O)c1ncc(S)cc1N. The third-order valence-electron chi connectivity index (χ3n) is 1.24. The number of carbonyl (C=O) groups is 1. The van der Waals surface area contributed by atoms with Crippen LogP contribution < -0.4 is 5.73 Å². The Morgan fingerprint density at radius 3 is 2.82 bits per heavy atom. The number of pyridine rings is 1. The summed E-state index contributed by atoms with van der Waals surface area (Å²) in [5.74, 6) is -0.129. The van der Waals surface area contributed by atoms with Gasteiger partial charge in [0.1, 0.15) is 5.69 Å². The van der Waals surface area contributed by atoms with Gasteiger partial charge in [-0.05, 0) is 6.07 Å². The van der Waals surface area contributed by atoms with E-state index in [1.54, 1.807) is 6.07 Å². The van der Waals surface area contributed by atoms with E-state index in [9.17, 15) is 4.79 Å². The summed E-state index contributed by atoms with van der Waals surface area (Å²) in [6.07, 6.45) is 1.50. The Morgan fingerprint density at radius 2 is 2.36 bits per heavy atom. The number of ketones is 1. The molecule has 3 nitrogen and oxygen atoms in total. The summed E-state index contributed by atoms with van der Waals surface area (Å²) in [6.45, 7) is 1.43. The molecule has 1 rings (SSSR count). The molecule has 4 heteroatoms. The summed E-state index contributed by atoms with van der Waals surface area (Å²) in [5.41, 5.74) is 6.18. The van der Waals surface area contributed by atoms with E-state index in [0.717, 1.165) is 0 Å². The van der Waals surface area contributed by atoms with Gasteiger partial charge < -0.3 is 5.73 Å². The van der Waals surface area contributed by atoms with Crippen LogP contribution in [0.5, 0.6) is 0 Å². The second-order valence-electron chi connectivity index (χ2n) is 2.19. The Balaban J connectivity index is 3.20. The molecule has 0 amide bonds. The largest absolute Gasteiger partial charge is 0.397 e. The molecule has 0 atom stereocenters.